The maximum Gasteiger partial charge on any atom is 0.248 e. The number of H-pyrrole nitrogens is 1. The Bertz CT molecular complexity index is 1010. The molecule has 0 bridgehead atoms. The van der Waals surface area contributed by atoms with Crippen LogP contribution in [0.2, 0.25) is 0 Å². The molecule has 136 valence electrons. The highest BCUT2D eigenvalue weighted by Crippen LogP contribution is 2.13. The Labute approximate surface area is 156 Å². The predicted molar refractivity (Wildman–Crippen MR) is 104 cm³/mol. The van der Waals surface area contributed by atoms with Crippen LogP contribution in [0.5, 0.6) is 0 Å². The van der Waals surface area contributed by atoms with Gasteiger partial charge in [-0.3, -0.25) is 9.78 Å². The van der Waals surface area contributed by atoms with Crippen molar-refractivity contribution < 1.29 is 4.39 Å². The maximum absolute atomic E-state index is 13.9. The smallest absolute Gasteiger partial charge is 0.248 e. The van der Waals surface area contributed by atoms with Crippen molar-refractivity contribution in [2.75, 3.05) is 0 Å². The summed E-state index contributed by atoms with van der Waals surface area (Å²) in [5.74, 6) is -0.299. The standard InChI is InChI=1S/C21H19FN4O/c22-16-7-2-1-6-15(16)14-25-19(20-9-5-10-21(27)26-20)12-11-17(23)18-8-3-4-13-24-18/h1-10,12-13,23,25H,11,14H2,(H,26,27)/b19-12-,23-17?. The van der Waals surface area contributed by atoms with E-state index in [2.05, 4.69) is 15.3 Å². The van der Waals surface area contributed by atoms with E-state index >= 15 is 0 Å². The van der Waals surface area contributed by atoms with E-state index in [4.69, 9.17) is 5.41 Å². The highest BCUT2D eigenvalue weighted by Gasteiger charge is 2.07. The second kappa shape index (κ2) is 8.71. The summed E-state index contributed by atoms with van der Waals surface area (Å²) in [6, 6.07) is 16.7. The molecule has 0 aliphatic heterocycles. The third kappa shape index (κ3) is 4.98. The number of benzene rings is 1. The minimum atomic E-state index is -0.299. The lowest BCUT2D eigenvalue weighted by Crippen LogP contribution is -2.17. The molecule has 0 saturated heterocycles. The molecule has 0 aliphatic carbocycles. The van der Waals surface area contributed by atoms with Gasteiger partial charge in [0.2, 0.25) is 5.56 Å². The Morgan fingerprint density at radius 1 is 1.11 bits per heavy atom. The van der Waals surface area contributed by atoms with Crippen LogP contribution in [0.15, 0.2) is 77.7 Å². The SMILES string of the molecule is N=C(C/C=C(\NCc1ccccc1F)c1cccc(=O)[nH]1)c1ccccn1. The highest BCUT2D eigenvalue weighted by molar-refractivity contribution is 5.97. The van der Waals surface area contributed by atoms with E-state index in [1.807, 2.05) is 6.07 Å². The van der Waals surface area contributed by atoms with E-state index in [-0.39, 0.29) is 17.9 Å². The van der Waals surface area contributed by atoms with Crippen molar-refractivity contribution >= 4 is 11.4 Å². The van der Waals surface area contributed by atoms with Crippen LogP contribution in [0.3, 0.4) is 0 Å². The fraction of sp³-hybridized carbons (Fsp3) is 0.0952. The molecule has 0 aliphatic rings. The van der Waals surface area contributed by atoms with Gasteiger partial charge in [0.05, 0.1) is 22.8 Å². The zero-order valence-electron chi connectivity index (χ0n) is 14.6. The second-order valence-electron chi connectivity index (χ2n) is 5.89. The minimum Gasteiger partial charge on any atom is -0.379 e. The van der Waals surface area contributed by atoms with Crippen molar-refractivity contribution in [1.82, 2.24) is 15.3 Å². The molecule has 1 aromatic carbocycles. The molecule has 27 heavy (non-hydrogen) atoms. The zero-order valence-corrected chi connectivity index (χ0v) is 14.6. The number of nitrogens with one attached hydrogen (secondary N) is 3. The average Bonchev–Trinajstić information content (AvgIpc) is 2.69. The third-order valence-electron chi connectivity index (χ3n) is 3.97. The molecular weight excluding hydrogens is 343 g/mol. The Kier molecular flexibility index (Phi) is 5.89. The molecule has 5 nitrogen and oxygen atoms in total. The Balaban J connectivity index is 1.82. The predicted octanol–water partition coefficient (Wildman–Crippen LogP) is 3.50. The van der Waals surface area contributed by atoms with E-state index in [0.717, 1.165) is 0 Å². The first-order chi connectivity index (χ1) is 13.1. The largest absolute Gasteiger partial charge is 0.379 e. The van der Waals surface area contributed by atoms with Gasteiger partial charge in [-0.15, -0.1) is 0 Å². The van der Waals surface area contributed by atoms with E-state index in [1.165, 1.54) is 12.1 Å². The van der Waals surface area contributed by atoms with E-state index < -0.39 is 0 Å². The van der Waals surface area contributed by atoms with Gasteiger partial charge in [0.25, 0.3) is 0 Å². The summed E-state index contributed by atoms with van der Waals surface area (Å²) in [4.78, 5) is 18.6. The van der Waals surface area contributed by atoms with Gasteiger partial charge < -0.3 is 15.7 Å². The van der Waals surface area contributed by atoms with Crippen molar-refractivity contribution in [3.63, 3.8) is 0 Å². The molecule has 3 rings (SSSR count). The first-order valence-corrected chi connectivity index (χ1v) is 8.49. The van der Waals surface area contributed by atoms with Crippen molar-refractivity contribution in [3.05, 3.63) is 106 Å². The molecule has 6 heteroatoms. The van der Waals surface area contributed by atoms with E-state index in [1.54, 1.807) is 54.7 Å². The topological polar surface area (TPSA) is 81.6 Å². The van der Waals surface area contributed by atoms with Crippen LogP contribution in [-0.2, 0) is 6.54 Å². The number of allylic oxidation sites excluding steroid dienone is 1. The molecular formula is C21H19FN4O. The molecule has 2 aromatic heterocycles. The quantitative estimate of drug-likeness (QED) is 0.563. The van der Waals surface area contributed by atoms with Crippen molar-refractivity contribution in [3.8, 4) is 0 Å². The summed E-state index contributed by atoms with van der Waals surface area (Å²) in [6.07, 6.45) is 3.75. The lowest BCUT2D eigenvalue weighted by molar-refractivity contribution is 0.605. The number of nitrogens with zero attached hydrogens (tertiary/aromatic N) is 1. The van der Waals surface area contributed by atoms with E-state index in [9.17, 15) is 9.18 Å². The molecule has 0 fully saturated rings. The third-order valence-corrected chi connectivity index (χ3v) is 3.97. The number of aromatic amines is 1. The van der Waals surface area contributed by atoms with Crippen molar-refractivity contribution in [2.45, 2.75) is 13.0 Å². The van der Waals surface area contributed by atoms with Gasteiger partial charge in [0, 0.05) is 30.8 Å². The molecule has 0 unspecified atom stereocenters. The fourth-order valence-corrected chi connectivity index (χ4v) is 2.56. The van der Waals surface area contributed by atoms with Crippen molar-refractivity contribution in [1.29, 1.82) is 5.41 Å². The normalized spacial score (nSPS) is 11.2. The summed E-state index contributed by atoms with van der Waals surface area (Å²) >= 11 is 0. The van der Waals surface area contributed by atoms with Gasteiger partial charge in [-0.2, -0.15) is 0 Å². The summed E-state index contributed by atoms with van der Waals surface area (Å²) < 4.78 is 13.9. The molecule has 3 N–H and O–H groups in total. The monoisotopic (exact) mass is 362 g/mol. The van der Waals surface area contributed by atoms with Crippen LogP contribution in [0.25, 0.3) is 5.70 Å². The highest BCUT2D eigenvalue weighted by atomic mass is 19.1. The van der Waals surface area contributed by atoms with Crippen LogP contribution in [-0.4, -0.2) is 15.7 Å². The van der Waals surface area contributed by atoms with Crippen LogP contribution in [0.1, 0.15) is 23.4 Å². The van der Waals surface area contributed by atoms with Gasteiger partial charge in [0.1, 0.15) is 5.82 Å². The molecule has 0 saturated carbocycles. The second-order valence-corrected chi connectivity index (χ2v) is 5.89. The molecule has 2 heterocycles. The molecule has 0 radical (unpaired) electrons. The lowest BCUT2D eigenvalue weighted by atomic mass is 10.1. The average molecular weight is 362 g/mol. The van der Waals surface area contributed by atoms with Crippen LogP contribution < -0.4 is 10.9 Å². The summed E-state index contributed by atoms with van der Waals surface area (Å²) in [5, 5.41) is 11.4. The Morgan fingerprint density at radius 3 is 2.67 bits per heavy atom. The molecule has 3 aromatic rings. The number of rotatable bonds is 7. The molecule has 0 amide bonds. The van der Waals surface area contributed by atoms with Gasteiger partial charge in [-0.1, -0.05) is 36.4 Å². The fourth-order valence-electron chi connectivity index (χ4n) is 2.56. The number of hydrogen-bond donors (Lipinski definition) is 3. The summed E-state index contributed by atoms with van der Waals surface area (Å²) in [7, 11) is 0. The Morgan fingerprint density at radius 2 is 1.93 bits per heavy atom. The summed E-state index contributed by atoms with van der Waals surface area (Å²) in [6.45, 7) is 0.256. The minimum absolute atomic E-state index is 0.231. The van der Waals surface area contributed by atoms with Crippen molar-refractivity contribution in [2.24, 2.45) is 0 Å². The lowest BCUT2D eigenvalue weighted by Gasteiger charge is -2.12. The van der Waals surface area contributed by atoms with Gasteiger partial charge in [-0.05, 0) is 24.3 Å². The Hall–Kier alpha value is -3.54. The first-order valence-electron chi connectivity index (χ1n) is 8.49. The van der Waals surface area contributed by atoms with Gasteiger partial charge in [0.15, 0.2) is 0 Å². The number of halogens is 1. The summed E-state index contributed by atoms with van der Waals surface area (Å²) in [5.41, 5.74) is 2.42. The van der Waals surface area contributed by atoms with Crippen LogP contribution in [0, 0.1) is 11.2 Å². The number of pyridine rings is 2. The van der Waals surface area contributed by atoms with Gasteiger partial charge >= 0.3 is 0 Å². The molecule has 0 atom stereocenters. The van der Waals surface area contributed by atoms with Crippen LogP contribution in [0.4, 0.5) is 4.39 Å². The van der Waals surface area contributed by atoms with E-state index in [0.29, 0.717) is 34.8 Å². The number of aromatic nitrogens is 2. The van der Waals surface area contributed by atoms with Crippen LogP contribution >= 0.6 is 0 Å². The first kappa shape index (κ1) is 18.3. The zero-order chi connectivity index (χ0) is 19.1. The number of hydrogen-bond acceptors (Lipinski definition) is 4. The van der Waals surface area contributed by atoms with Gasteiger partial charge in [-0.25, -0.2) is 4.39 Å². The maximum atomic E-state index is 13.9. The molecule has 0 spiro atoms.